The summed E-state index contributed by atoms with van der Waals surface area (Å²) in [7, 11) is 0.874. The second kappa shape index (κ2) is 11.3. The molecule has 1 aliphatic heterocycles. The van der Waals surface area contributed by atoms with Gasteiger partial charge < -0.3 is 29.7 Å². The smallest absolute Gasteiger partial charge is 0.242 e. The molecule has 0 unspecified atom stereocenters. The molecule has 0 bridgehead atoms. The van der Waals surface area contributed by atoms with E-state index in [9.17, 15) is 8.42 Å². The number of para-hydroxylation sites is 1. The summed E-state index contributed by atoms with van der Waals surface area (Å²) < 4.78 is 44.4. The lowest BCUT2D eigenvalue weighted by atomic mass is 10.2. The minimum Gasteiger partial charge on any atom is -0.494 e. The minimum atomic E-state index is -3.68. The zero-order valence-electron chi connectivity index (χ0n) is 20.0. The first-order valence-corrected chi connectivity index (χ1v) is 13.3. The zero-order chi connectivity index (χ0) is 25.7. The predicted molar refractivity (Wildman–Crippen MR) is 142 cm³/mol. The lowest BCUT2D eigenvalue weighted by molar-refractivity contribution is 0.122. The summed E-state index contributed by atoms with van der Waals surface area (Å²) in [4.78, 5) is 11.2. The molecule has 2 heterocycles. The first-order valence-electron chi connectivity index (χ1n) is 11.0. The van der Waals surface area contributed by atoms with Crippen molar-refractivity contribution in [1.29, 1.82) is 0 Å². The monoisotopic (exact) mass is 578 g/mol. The molecule has 0 radical (unpaired) electrons. The van der Waals surface area contributed by atoms with Crippen molar-refractivity contribution in [2.45, 2.75) is 4.90 Å². The van der Waals surface area contributed by atoms with Crippen LogP contribution in [0.3, 0.4) is 0 Å². The van der Waals surface area contributed by atoms with Crippen molar-refractivity contribution >= 4 is 54.8 Å². The van der Waals surface area contributed by atoms with Crippen LogP contribution < -0.4 is 29.7 Å². The van der Waals surface area contributed by atoms with Gasteiger partial charge in [0, 0.05) is 25.4 Å². The van der Waals surface area contributed by atoms with Gasteiger partial charge in [-0.3, -0.25) is 0 Å². The number of rotatable bonds is 9. The third-order valence-corrected chi connectivity index (χ3v) is 7.59. The number of morpholine rings is 1. The van der Waals surface area contributed by atoms with Crippen LogP contribution in [0.15, 0.2) is 52.0 Å². The number of nitrogens with zero attached hydrogens (tertiary/aromatic N) is 3. The molecule has 1 fully saturated rings. The Morgan fingerprint density at radius 2 is 1.75 bits per heavy atom. The minimum absolute atomic E-state index is 0.0968. The molecular formula is C23H27BrN6O5S. The molecule has 1 saturated heterocycles. The Balaban J connectivity index is 1.67. The number of sulfonamides is 1. The van der Waals surface area contributed by atoms with E-state index in [-0.39, 0.29) is 10.8 Å². The predicted octanol–water partition coefficient (Wildman–Crippen LogP) is 3.49. The van der Waals surface area contributed by atoms with Gasteiger partial charge >= 0.3 is 0 Å². The van der Waals surface area contributed by atoms with Gasteiger partial charge in [-0.15, -0.1) is 0 Å². The quantitative estimate of drug-likeness (QED) is 0.347. The molecule has 36 heavy (non-hydrogen) atoms. The number of methoxy groups -OCH3 is 2. The molecule has 11 nitrogen and oxygen atoms in total. The van der Waals surface area contributed by atoms with Crippen LogP contribution in [0.25, 0.3) is 0 Å². The molecule has 0 atom stereocenters. The molecule has 0 amide bonds. The Labute approximate surface area is 218 Å². The first-order chi connectivity index (χ1) is 17.4. The molecule has 0 saturated carbocycles. The molecule has 3 N–H and O–H groups in total. The highest BCUT2D eigenvalue weighted by Gasteiger charge is 2.21. The fraction of sp³-hybridized carbons (Fsp3) is 0.304. The Morgan fingerprint density at radius 3 is 2.44 bits per heavy atom. The lowest BCUT2D eigenvalue weighted by Crippen LogP contribution is -2.36. The molecule has 13 heteroatoms. The lowest BCUT2D eigenvalue weighted by Gasteiger charge is -2.30. The SMILES string of the molecule is CNS(=O)(=O)c1ccccc1Nc1nc(Nc2cc(N3CCOCC3)c(OC)cc2OC)ncc1Br. The molecule has 3 aromatic rings. The van der Waals surface area contributed by atoms with Gasteiger partial charge in [0.15, 0.2) is 0 Å². The van der Waals surface area contributed by atoms with Crippen LogP contribution in [0.2, 0.25) is 0 Å². The van der Waals surface area contributed by atoms with Gasteiger partial charge in [0.25, 0.3) is 0 Å². The third-order valence-electron chi connectivity index (χ3n) is 5.54. The van der Waals surface area contributed by atoms with E-state index < -0.39 is 10.0 Å². The largest absolute Gasteiger partial charge is 0.494 e. The highest BCUT2D eigenvalue weighted by atomic mass is 79.9. The van der Waals surface area contributed by atoms with Gasteiger partial charge in [-0.2, -0.15) is 4.98 Å². The number of ether oxygens (including phenoxy) is 3. The number of halogens is 1. The maximum Gasteiger partial charge on any atom is 0.242 e. The summed E-state index contributed by atoms with van der Waals surface area (Å²) in [5, 5.41) is 6.30. The van der Waals surface area contributed by atoms with Crippen LogP contribution in [-0.4, -0.2) is 66.0 Å². The molecule has 4 rings (SSSR count). The van der Waals surface area contributed by atoms with E-state index in [1.54, 1.807) is 38.6 Å². The van der Waals surface area contributed by atoms with Crippen molar-refractivity contribution in [3.8, 4) is 11.5 Å². The molecule has 1 aromatic heterocycles. The molecule has 2 aromatic carbocycles. The average molecular weight is 579 g/mol. The fourth-order valence-electron chi connectivity index (χ4n) is 3.71. The summed E-state index contributed by atoms with van der Waals surface area (Å²) in [5.74, 6) is 1.90. The Morgan fingerprint density at radius 1 is 1.03 bits per heavy atom. The summed E-state index contributed by atoms with van der Waals surface area (Å²) in [6.07, 6.45) is 1.58. The normalized spacial score (nSPS) is 13.8. The van der Waals surface area contributed by atoms with Crippen molar-refractivity contribution < 1.29 is 22.6 Å². The Hall–Kier alpha value is -3.13. The van der Waals surface area contributed by atoms with E-state index in [1.807, 2.05) is 12.1 Å². The number of benzene rings is 2. The second-order valence-electron chi connectivity index (χ2n) is 7.67. The van der Waals surface area contributed by atoms with Gasteiger partial charge in [0.2, 0.25) is 16.0 Å². The maximum absolute atomic E-state index is 12.4. The average Bonchev–Trinajstić information content (AvgIpc) is 2.91. The third kappa shape index (κ3) is 5.64. The van der Waals surface area contributed by atoms with Crippen LogP contribution >= 0.6 is 15.9 Å². The number of aromatic nitrogens is 2. The van der Waals surface area contributed by atoms with Gasteiger partial charge in [-0.1, -0.05) is 12.1 Å². The van der Waals surface area contributed by atoms with E-state index in [4.69, 9.17) is 14.2 Å². The van der Waals surface area contributed by atoms with Crippen LogP contribution in [0.1, 0.15) is 0 Å². The van der Waals surface area contributed by atoms with Crippen molar-refractivity contribution in [3.05, 3.63) is 47.1 Å². The van der Waals surface area contributed by atoms with Crippen LogP contribution in [0.5, 0.6) is 11.5 Å². The van der Waals surface area contributed by atoms with E-state index in [1.165, 1.54) is 13.1 Å². The van der Waals surface area contributed by atoms with Crippen molar-refractivity contribution in [2.75, 3.05) is 63.1 Å². The highest BCUT2D eigenvalue weighted by molar-refractivity contribution is 9.10. The van der Waals surface area contributed by atoms with Gasteiger partial charge in [-0.25, -0.2) is 18.1 Å². The molecule has 1 aliphatic rings. The Bertz CT molecular complexity index is 1330. The van der Waals surface area contributed by atoms with E-state index in [0.717, 1.165) is 18.8 Å². The summed E-state index contributed by atoms with van der Waals surface area (Å²) >= 11 is 3.44. The fourth-order valence-corrected chi connectivity index (χ4v) is 4.88. The van der Waals surface area contributed by atoms with Gasteiger partial charge in [-0.05, 0) is 41.2 Å². The molecular weight excluding hydrogens is 552 g/mol. The summed E-state index contributed by atoms with van der Waals surface area (Å²) in [6, 6.07) is 10.3. The standard InChI is InChI=1S/C23H27BrN6O5S/c1-25-36(31,32)21-7-5-4-6-16(21)27-22-15(24)14-26-23(29-22)28-17-12-18(30-8-10-35-11-9-30)20(34-3)13-19(17)33-2/h4-7,12-14,25H,8-11H2,1-3H3,(H2,26,27,28,29). The zero-order valence-corrected chi connectivity index (χ0v) is 22.4. The second-order valence-corrected chi connectivity index (χ2v) is 10.4. The van der Waals surface area contributed by atoms with Crippen molar-refractivity contribution in [3.63, 3.8) is 0 Å². The number of nitrogens with one attached hydrogen (secondary N) is 3. The summed E-state index contributed by atoms with van der Waals surface area (Å²) in [6.45, 7) is 2.74. The van der Waals surface area contributed by atoms with Crippen LogP contribution in [-0.2, 0) is 14.8 Å². The maximum atomic E-state index is 12.4. The van der Waals surface area contributed by atoms with E-state index in [0.29, 0.717) is 46.4 Å². The van der Waals surface area contributed by atoms with Gasteiger partial charge in [0.05, 0.1) is 49.0 Å². The van der Waals surface area contributed by atoms with Gasteiger partial charge in [0.1, 0.15) is 22.2 Å². The molecule has 0 aliphatic carbocycles. The molecule has 0 spiro atoms. The van der Waals surface area contributed by atoms with Crippen molar-refractivity contribution in [2.24, 2.45) is 0 Å². The topological polar surface area (TPSA) is 127 Å². The van der Waals surface area contributed by atoms with E-state index >= 15 is 0 Å². The molecule has 192 valence electrons. The van der Waals surface area contributed by atoms with E-state index in [2.05, 4.69) is 46.2 Å². The number of hydrogen-bond acceptors (Lipinski definition) is 10. The first kappa shape index (κ1) is 25.9. The van der Waals surface area contributed by atoms with Crippen LogP contribution in [0.4, 0.5) is 28.8 Å². The Kier molecular flexibility index (Phi) is 8.14. The van der Waals surface area contributed by atoms with Crippen molar-refractivity contribution in [1.82, 2.24) is 14.7 Å². The number of anilines is 5. The number of hydrogen-bond donors (Lipinski definition) is 3. The highest BCUT2D eigenvalue weighted by Crippen LogP contribution is 2.40. The summed E-state index contributed by atoms with van der Waals surface area (Å²) in [5.41, 5.74) is 1.91. The van der Waals surface area contributed by atoms with Crippen LogP contribution in [0, 0.1) is 0 Å².